The zero-order valence-electron chi connectivity index (χ0n) is 9.82. The van der Waals surface area contributed by atoms with Crippen LogP contribution in [0.5, 0.6) is 0 Å². The van der Waals surface area contributed by atoms with E-state index in [2.05, 4.69) is 34.3 Å². The van der Waals surface area contributed by atoms with Crippen molar-refractivity contribution >= 4 is 11.5 Å². The molecular weight excluding hydrogens is 198 g/mol. The number of piperidine rings is 1. The highest BCUT2D eigenvalue weighted by molar-refractivity contribution is 5.55. The maximum atomic E-state index is 4.32. The minimum atomic E-state index is 0.793. The molecular formula is C13H19N3. The zero-order chi connectivity index (χ0) is 11.0. The Morgan fingerprint density at radius 2 is 2.44 bits per heavy atom. The van der Waals surface area contributed by atoms with Crippen molar-refractivity contribution < 1.29 is 0 Å². The van der Waals surface area contributed by atoms with Crippen molar-refractivity contribution in [2.75, 3.05) is 23.3 Å². The summed E-state index contributed by atoms with van der Waals surface area (Å²) in [6.07, 6.45) is 6.13. The number of rotatable bonds is 3. The van der Waals surface area contributed by atoms with Crippen LogP contribution in [0.4, 0.5) is 11.5 Å². The van der Waals surface area contributed by atoms with Gasteiger partial charge >= 0.3 is 0 Å². The van der Waals surface area contributed by atoms with E-state index in [1.54, 1.807) is 0 Å². The quantitative estimate of drug-likeness (QED) is 0.843. The van der Waals surface area contributed by atoms with Gasteiger partial charge in [0.15, 0.2) is 0 Å². The molecule has 86 valence electrons. The smallest absolute Gasteiger partial charge is 0.127 e. The Morgan fingerprint density at radius 3 is 3.12 bits per heavy atom. The number of hydrogen-bond acceptors (Lipinski definition) is 3. The second kappa shape index (κ2) is 3.96. The molecule has 2 atom stereocenters. The van der Waals surface area contributed by atoms with Crippen molar-refractivity contribution in [3.05, 3.63) is 18.3 Å². The molecule has 0 aromatic carbocycles. The van der Waals surface area contributed by atoms with Gasteiger partial charge in [0.1, 0.15) is 5.82 Å². The third kappa shape index (κ3) is 1.64. The first kappa shape index (κ1) is 9.94. The van der Waals surface area contributed by atoms with Gasteiger partial charge < -0.3 is 10.2 Å². The minimum Gasteiger partial charge on any atom is -0.370 e. The van der Waals surface area contributed by atoms with E-state index < -0.39 is 0 Å². The summed E-state index contributed by atoms with van der Waals surface area (Å²) in [6, 6.07) is 5.12. The third-order valence-electron chi connectivity index (χ3n) is 3.84. The molecule has 3 heteroatoms. The monoisotopic (exact) mass is 217 g/mol. The lowest BCUT2D eigenvalue weighted by Gasteiger charge is -2.29. The minimum absolute atomic E-state index is 0.793. The normalized spacial score (nSPS) is 27.4. The number of nitrogens with zero attached hydrogens (tertiary/aromatic N) is 2. The molecule has 1 aliphatic carbocycles. The van der Waals surface area contributed by atoms with E-state index in [1.807, 2.05) is 6.20 Å². The van der Waals surface area contributed by atoms with E-state index in [0.717, 1.165) is 24.3 Å². The topological polar surface area (TPSA) is 28.2 Å². The average Bonchev–Trinajstić information content (AvgIpc) is 2.91. The molecule has 2 unspecified atom stereocenters. The first-order valence-electron chi connectivity index (χ1n) is 6.33. The maximum Gasteiger partial charge on any atom is 0.127 e. The van der Waals surface area contributed by atoms with Crippen LogP contribution in [0.2, 0.25) is 0 Å². The number of nitrogens with one attached hydrogen (secondary N) is 1. The van der Waals surface area contributed by atoms with Crippen molar-refractivity contribution in [1.82, 2.24) is 4.98 Å². The lowest BCUT2D eigenvalue weighted by molar-refractivity contribution is 0.553. The molecule has 2 fully saturated rings. The lowest BCUT2D eigenvalue weighted by Crippen LogP contribution is -2.31. The van der Waals surface area contributed by atoms with Crippen molar-refractivity contribution in [1.29, 1.82) is 0 Å². The molecule has 0 radical (unpaired) electrons. The second-order valence-electron chi connectivity index (χ2n) is 4.91. The van der Waals surface area contributed by atoms with Crippen molar-refractivity contribution in [2.45, 2.75) is 32.2 Å². The molecule has 16 heavy (non-hydrogen) atoms. The van der Waals surface area contributed by atoms with Crippen LogP contribution in [0.3, 0.4) is 0 Å². The molecule has 0 spiro atoms. The third-order valence-corrected chi connectivity index (χ3v) is 3.84. The molecule has 2 heterocycles. The van der Waals surface area contributed by atoms with Crippen molar-refractivity contribution in [2.24, 2.45) is 5.92 Å². The summed E-state index contributed by atoms with van der Waals surface area (Å²) in [4.78, 5) is 6.89. The second-order valence-corrected chi connectivity index (χ2v) is 4.91. The molecule has 0 amide bonds. The fourth-order valence-electron chi connectivity index (χ4n) is 3.12. The van der Waals surface area contributed by atoms with Crippen LogP contribution >= 0.6 is 0 Å². The first-order chi connectivity index (χ1) is 7.86. The summed E-state index contributed by atoms with van der Waals surface area (Å²) in [5.41, 5.74) is 1.35. The summed E-state index contributed by atoms with van der Waals surface area (Å²) in [6.45, 7) is 4.29. The Bertz CT molecular complexity index is 377. The van der Waals surface area contributed by atoms with Gasteiger partial charge in [0, 0.05) is 37.1 Å². The Labute approximate surface area is 96.9 Å². The number of fused-ring (bicyclic) bond motifs is 2. The summed E-state index contributed by atoms with van der Waals surface area (Å²) >= 11 is 0. The fourth-order valence-corrected chi connectivity index (χ4v) is 3.12. The van der Waals surface area contributed by atoms with E-state index >= 15 is 0 Å². The van der Waals surface area contributed by atoms with Crippen LogP contribution < -0.4 is 10.2 Å². The standard InChI is InChI=1S/C13H19N3/c1-2-14-13-8-12(5-6-15-13)16-9-10-3-4-11(16)7-10/h5-6,8,10-11H,2-4,7,9H2,1H3,(H,14,15). The van der Waals surface area contributed by atoms with Gasteiger partial charge in [0.2, 0.25) is 0 Å². The predicted molar refractivity (Wildman–Crippen MR) is 66.9 cm³/mol. The molecule has 1 N–H and O–H groups in total. The molecule has 3 rings (SSSR count). The molecule has 1 saturated heterocycles. The lowest BCUT2D eigenvalue weighted by atomic mass is 10.1. The molecule has 2 bridgehead atoms. The maximum absolute atomic E-state index is 4.32. The average molecular weight is 217 g/mol. The Kier molecular flexibility index (Phi) is 2.46. The van der Waals surface area contributed by atoms with Gasteiger partial charge in [-0.25, -0.2) is 4.98 Å². The highest BCUT2D eigenvalue weighted by Crippen LogP contribution is 2.40. The summed E-state index contributed by atoms with van der Waals surface area (Å²) in [5, 5.41) is 3.28. The molecule has 1 aliphatic heterocycles. The van der Waals surface area contributed by atoms with Gasteiger partial charge in [0.25, 0.3) is 0 Å². The Morgan fingerprint density at radius 1 is 1.50 bits per heavy atom. The molecule has 1 aromatic rings. The van der Waals surface area contributed by atoms with E-state index in [1.165, 1.54) is 31.5 Å². The molecule has 2 aliphatic rings. The Hall–Kier alpha value is -1.25. The van der Waals surface area contributed by atoms with Crippen LogP contribution in [0.15, 0.2) is 18.3 Å². The van der Waals surface area contributed by atoms with Crippen LogP contribution in [0.1, 0.15) is 26.2 Å². The zero-order valence-corrected chi connectivity index (χ0v) is 9.82. The van der Waals surface area contributed by atoms with Crippen LogP contribution in [0.25, 0.3) is 0 Å². The number of aromatic nitrogens is 1. The van der Waals surface area contributed by atoms with E-state index in [9.17, 15) is 0 Å². The van der Waals surface area contributed by atoms with Crippen LogP contribution in [-0.4, -0.2) is 24.1 Å². The number of pyridine rings is 1. The first-order valence-corrected chi connectivity index (χ1v) is 6.33. The summed E-state index contributed by atoms with van der Waals surface area (Å²) < 4.78 is 0. The van der Waals surface area contributed by atoms with Crippen molar-refractivity contribution in [3.63, 3.8) is 0 Å². The van der Waals surface area contributed by atoms with Gasteiger partial charge in [-0.15, -0.1) is 0 Å². The van der Waals surface area contributed by atoms with Gasteiger partial charge in [-0.2, -0.15) is 0 Å². The van der Waals surface area contributed by atoms with Gasteiger partial charge in [-0.1, -0.05) is 0 Å². The molecule has 1 aromatic heterocycles. The van der Waals surface area contributed by atoms with Crippen molar-refractivity contribution in [3.8, 4) is 0 Å². The van der Waals surface area contributed by atoms with Crippen LogP contribution in [-0.2, 0) is 0 Å². The van der Waals surface area contributed by atoms with E-state index in [4.69, 9.17) is 0 Å². The number of hydrogen-bond donors (Lipinski definition) is 1. The largest absolute Gasteiger partial charge is 0.370 e. The number of anilines is 2. The SMILES string of the molecule is CCNc1cc(N2CC3CCC2C3)ccn1. The fraction of sp³-hybridized carbons (Fsp3) is 0.615. The highest BCUT2D eigenvalue weighted by atomic mass is 15.2. The predicted octanol–water partition coefficient (Wildman–Crippen LogP) is 2.50. The van der Waals surface area contributed by atoms with E-state index in [-0.39, 0.29) is 0 Å². The molecule has 3 nitrogen and oxygen atoms in total. The van der Waals surface area contributed by atoms with Gasteiger partial charge in [-0.3, -0.25) is 0 Å². The van der Waals surface area contributed by atoms with Crippen LogP contribution in [0, 0.1) is 5.92 Å². The van der Waals surface area contributed by atoms with Gasteiger partial charge in [-0.05, 0) is 38.2 Å². The van der Waals surface area contributed by atoms with E-state index in [0.29, 0.717) is 0 Å². The molecule has 1 saturated carbocycles. The highest BCUT2D eigenvalue weighted by Gasteiger charge is 2.37. The Balaban J connectivity index is 1.81. The summed E-state index contributed by atoms with van der Waals surface area (Å²) in [5.74, 6) is 1.95. The van der Waals surface area contributed by atoms with Gasteiger partial charge in [0.05, 0.1) is 0 Å². The summed E-state index contributed by atoms with van der Waals surface area (Å²) in [7, 11) is 0.